The molecule has 2 N–H and O–H groups in total. The van der Waals surface area contributed by atoms with Crippen LogP contribution in [0.4, 0.5) is 18.9 Å². The molecule has 0 saturated heterocycles. The summed E-state index contributed by atoms with van der Waals surface area (Å²) in [5, 5.41) is 15.4. The fraction of sp³-hybridized carbons (Fsp3) is 0.200. The van der Waals surface area contributed by atoms with Crippen LogP contribution in [0.2, 0.25) is 10.0 Å². The van der Waals surface area contributed by atoms with Gasteiger partial charge in [-0.3, -0.25) is 4.79 Å². The molecule has 0 saturated carbocycles. The Kier molecular flexibility index (Phi) is 7.70. The van der Waals surface area contributed by atoms with E-state index in [-0.39, 0.29) is 32.7 Å². The highest BCUT2D eigenvalue weighted by molar-refractivity contribution is 6.35. The monoisotopic (exact) mass is 444 g/mol. The minimum atomic E-state index is -4.74. The van der Waals surface area contributed by atoms with E-state index in [1.807, 2.05) is 0 Å². The van der Waals surface area contributed by atoms with Crippen LogP contribution in [0.3, 0.4) is 0 Å². The second-order valence-electron chi connectivity index (χ2n) is 6.16. The molecule has 4 nitrogen and oxygen atoms in total. The van der Waals surface area contributed by atoms with Gasteiger partial charge >= 0.3 is 6.18 Å². The van der Waals surface area contributed by atoms with Gasteiger partial charge in [0.1, 0.15) is 11.5 Å². The molecule has 2 aromatic rings. The average molecular weight is 445 g/mol. The summed E-state index contributed by atoms with van der Waals surface area (Å²) >= 11 is 11.6. The fourth-order valence-electron chi connectivity index (χ4n) is 2.49. The number of nitrogens with zero attached hydrogens (tertiary/aromatic N) is 1. The topological polar surface area (TPSA) is 61.7 Å². The number of anilines is 1. The number of carbonyl (C=O) groups is 1. The van der Waals surface area contributed by atoms with Gasteiger partial charge < -0.3 is 10.5 Å². The van der Waals surface area contributed by atoms with Crippen LogP contribution < -0.4 is 5.32 Å². The highest BCUT2D eigenvalue weighted by atomic mass is 35.5. The summed E-state index contributed by atoms with van der Waals surface area (Å²) in [5.74, 6) is 0.0368. The molecule has 9 heteroatoms. The molecular weight excluding hydrogens is 428 g/mol. The van der Waals surface area contributed by atoms with Crippen molar-refractivity contribution < 1.29 is 23.2 Å². The third kappa shape index (κ3) is 6.80. The maximum absolute atomic E-state index is 13.6. The van der Waals surface area contributed by atoms with E-state index in [1.54, 1.807) is 12.1 Å². The number of allylic oxidation sites excluding steroid dienone is 2. The van der Waals surface area contributed by atoms with Crippen LogP contribution in [-0.4, -0.2) is 29.4 Å². The number of alkyl halides is 3. The summed E-state index contributed by atoms with van der Waals surface area (Å²) in [7, 11) is 0. The molecule has 0 aliphatic carbocycles. The van der Waals surface area contributed by atoms with Crippen LogP contribution in [0.25, 0.3) is 5.57 Å². The number of benzene rings is 2. The first-order chi connectivity index (χ1) is 13.6. The lowest BCUT2D eigenvalue weighted by molar-refractivity contribution is -0.116. The number of hydrogen-bond donors (Lipinski definition) is 2. The van der Waals surface area contributed by atoms with E-state index in [4.69, 9.17) is 23.2 Å². The summed E-state index contributed by atoms with van der Waals surface area (Å²) < 4.78 is 40.9. The second kappa shape index (κ2) is 9.80. The molecule has 29 heavy (non-hydrogen) atoms. The van der Waals surface area contributed by atoms with Crippen LogP contribution in [-0.2, 0) is 4.79 Å². The van der Waals surface area contributed by atoms with Crippen LogP contribution >= 0.6 is 23.2 Å². The normalized spacial score (nSPS) is 12.8. The molecule has 0 fully saturated rings. The van der Waals surface area contributed by atoms with Gasteiger partial charge in [-0.05, 0) is 48.9 Å². The minimum Gasteiger partial charge on any atom is -0.410 e. The van der Waals surface area contributed by atoms with E-state index in [9.17, 15) is 23.2 Å². The van der Waals surface area contributed by atoms with E-state index in [2.05, 4.69) is 10.5 Å². The Morgan fingerprint density at radius 1 is 1.10 bits per heavy atom. The van der Waals surface area contributed by atoms with Crippen LogP contribution in [0.1, 0.15) is 24.5 Å². The third-order valence-electron chi connectivity index (χ3n) is 3.85. The first-order valence-electron chi connectivity index (χ1n) is 8.41. The molecule has 0 spiro atoms. The maximum atomic E-state index is 13.6. The number of nitrogens with one attached hydrogen (secondary N) is 1. The smallest absolute Gasteiger partial charge is 0.410 e. The number of carbonyl (C=O) groups excluding carboxylic acids is 1. The highest BCUT2D eigenvalue weighted by Crippen LogP contribution is 2.36. The Hall–Kier alpha value is -2.51. The zero-order valence-electron chi connectivity index (χ0n) is 15.2. The predicted molar refractivity (Wildman–Crippen MR) is 109 cm³/mol. The molecule has 2 rings (SSSR count). The average Bonchev–Trinajstić information content (AvgIpc) is 2.61. The zero-order valence-corrected chi connectivity index (χ0v) is 16.7. The van der Waals surface area contributed by atoms with E-state index in [0.717, 1.165) is 18.2 Å². The lowest BCUT2D eigenvalue weighted by Crippen LogP contribution is -2.13. The number of ketones is 1. The zero-order chi connectivity index (χ0) is 21.6. The van der Waals surface area contributed by atoms with Gasteiger partial charge in [-0.1, -0.05) is 40.5 Å². The van der Waals surface area contributed by atoms with Gasteiger partial charge in [0.25, 0.3) is 0 Å². The molecule has 154 valence electrons. The van der Waals surface area contributed by atoms with Crippen LogP contribution in [0.15, 0.2) is 53.7 Å². The number of rotatable bonds is 7. The summed E-state index contributed by atoms with van der Waals surface area (Å²) in [5.41, 5.74) is -0.658. The summed E-state index contributed by atoms with van der Waals surface area (Å²) in [6, 6.07) is 9.80. The van der Waals surface area contributed by atoms with Crippen molar-refractivity contribution in [3.05, 3.63) is 69.7 Å². The third-order valence-corrected chi connectivity index (χ3v) is 4.29. The van der Waals surface area contributed by atoms with E-state index < -0.39 is 11.7 Å². The quantitative estimate of drug-likeness (QED) is 0.303. The number of hydrogen-bond acceptors (Lipinski definition) is 4. The predicted octanol–water partition coefficient (Wildman–Crippen LogP) is 6.21. The van der Waals surface area contributed by atoms with Crippen molar-refractivity contribution in [2.75, 3.05) is 11.9 Å². The molecule has 0 heterocycles. The lowest BCUT2D eigenvalue weighted by Gasteiger charge is -2.14. The molecule has 0 amide bonds. The Morgan fingerprint density at radius 3 is 2.17 bits per heavy atom. The largest absolute Gasteiger partial charge is 0.417 e. The van der Waals surface area contributed by atoms with Crippen molar-refractivity contribution in [3.63, 3.8) is 0 Å². The molecule has 0 aliphatic heterocycles. The fourth-order valence-corrected chi connectivity index (χ4v) is 3.01. The molecule has 0 unspecified atom stereocenters. The van der Waals surface area contributed by atoms with Gasteiger partial charge in [0.2, 0.25) is 0 Å². The van der Waals surface area contributed by atoms with Gasteiger partial charge in [0.15, 0.2) is 0 Å². The van der Waals surface area contributed by atoms with Gasteiger partial charge in [-0.2, -0.15) is 13.2 Å². The van der Waals surface area contributed by atoms with Gasteiger partial charge in [-0.15, -0.1) is 0 Å². The minimum absolute atomic E-state index is 0.0368. The Bertz CT molecular complexity index is 919. The first kappa shape index (κ1) is 22.8. The molecular formula is C20H17Cl2F3N2O2. The lowest BCUT2D eigenvalue weighted by atomic mass is 10.0. The highest BCUT2D eigenvalue weighted by Gasteiger charge is 2.35. The van der Waals surface area contributed by atoms with Crippen molar-refractivity contribution >= 4 is 46.0 Å². The molecule has 0 radical (unpaired) electrons. The molecule has 0 aliphatic rings. The number of oxime groups is 1. The van der Waals surface area contributed by atoms with Gasteiger partial charge in [0, 0.05) is 34.3 Å². The van der Waals surface area contributed by atoms with Crippen molar-refractivity contribution in [1.82, 2.24) is 0 Å². The number of halogens is 5. The Labute approximate surface area is 175 Å². The molecule has 0 atom stereocenters. The van der Waals surface area contributed by atoms with Crippen molar-refractivity contribution in [2.45, 2.75) is 19.5 Å². The Morgan fingerprint density at radius 2 is 1.69 bits per heavy atom. The maximum Gasteiger partial charge on any atom is 0.417 e. The summed E-state index contributed by atoms with van der Waals surface area (Å²) in [6.07, 6.45) is -3.66. The molecule has 2 aromatic carbocycles. The van der Waals surface area contributed by atoms with Gasteiger partial charge in [0.05, 0.1) is 5.57 Å². The Balaban J connectivity index is 2.35. The standard InChI is InChI=1S/C20H17Cl2F3N2O2/c1-12(28)6-7-26-17-4-2-13(3-5-17)19(27-29)11-18(20(23,24)25)14-8-15(21)10-16(22)9-14/h2-5,8-11,26,29H,6-7H2,1H3/b18-11-,27-19-. The summed E-state index contributed by atoms with van der Waals surface area (Å²) in [6.45, 7) is 1.91. The first-order valence-corrected chi connectivity index (χ1v) is 9.17. The van der Waals surface area contributed by atoms with Crippen molar-refractivity contribution in [1.29, 1.82) is 0 Å². The van der Waals surface area contributed by atoms with Crippen LogP contribution in [0.5, 0.6) is 0 Å². The molecule has 0 aromatic heterocycles. The molecule has 0 bridgehead atoms. The number of Topliss-reactive ketones (excluding diaryl/α,β-unsaturated/α-hetero) is 1. The van der Waals surface area contributed by atoms with E-state index in [0.29, 0.717) is 18.7 Å². The van der Waals surface area contributed by atoms with E-state index >= 15 is 0 Å². The van der Waals surface area contributed by atoms with Crippen molar-refractivity contribution in [2.24, 2.45) is 5.16 Å². The van der Waals surface area contributed by atoms with Crippen LogP contribution in [0, 0.1) is 0 Å². The van der Waals surface area contributed by atoms with E-state index in [1.165, 1.54) is 25.1 Å². The van der Waals surface area contributed by atoms with Crippen molar-refractivity contribution in [3.8, 4) is 0 Å². The van der Waals surface area contributed by atoms with Gasteiger partial charge in [-0.25, -0.2) is 0 Å². The second-order valence-corrected chi connectivity index (χ2v) is 7.03. The summed E-state index contributed by atoms with van der Waals surface area (Å²) in [4.78, 5) is 11.0. The SMILES string of the molecule is CC(=O)CCNc1ccc(C(/C=C(/c2cc(Cl)cc(Cl)c2)C(F)(F)F)=N\O)cc1.